The SMILES string of the molecule is CN(C)C(=O)CN1CCCC[C@H]1c1nc(N)ncc1-c1cccc(F)c1. The Labute approximate surface area is 152 Å². The maximum atomic E-state index is 13.7. The van der Waals surface area contributed by atoms with Gasteiger partial charge in [-0.1, -0.05) is 18.6 Å². The van der Waals surface area contributed by atoms with Gasteiger partial charge in [0.2, 0.25) is 11.9 Å². The number of nitrogens with zero attached hydrogens (tertiary/aromatic N) is 4. The van der Waals surface area contributed by atoms with Gasteiger partial charge in [-0.3, -0.25) is 9.69 Å². The molecule has 1 atom stereocenters. The van der Waals surface area contributed by atoms with Gasteiger partial charge in [0.1, 0.15) is 5.82 Å². The van der Waals surface area contributed by atoms with Gasteiger partial charge in [-0.2, -0.15) is 0 Å². The molecule has 0 spiro atoms. The third-order valence-corrected chi connectivity index (χ3v) is 4.74. The number of benzene rings is 1. The molecule has 7 heteroatoms. The molecule has 0 unspecified atom stereocenters. The van der Waals surface area contributed by atoms with Crippen LogP contribution in [0.25, 0.3) is 11.1 Å². The third kappa shape index (κ3) is 3.99. The van der Waals surface area contributed by atoms with Gasteiger partial charge in [-0.15, -0.1) is 0 Å². The van der Waals surface area contributed by atoms with Crippen LogP contribution in [0.15, 0.2) is 30.5 Å². The summed E-state index contributed by atoms with van der Waals surface area (Å²) in [7, 11) is 3.50. The molecular weight excluding hydrogens is 333 g/mol. The van der Waals surface area contributed by atoms with Crippen LogP contribution in [0.5, 0.6) is 0 Å². The summed E-state index contributed by atoms with van der Waals surface area (Å²) in [6.45, 7) is 1.14. The Hall–Kier alpha value is -2.54. The number of nitrogen functional groups attached to an aromatic ring is 1. The van der Waals surface area contributed by atoms with Crippen LogP contribution in [0.2, 0.25) is 0 Å². The Morgan fingerprint density at radius 1 is 1.38 bits per heavy atom. The average molecular weight is 357 g/mol. The van der Waals surface area contributed by atoms with Crippen LogP contribution in [0.3, 0.4) is 0 Å². The van der Waals surface area contributed by atoms with E-state index in [0.29, 0.717) is 12.1 Å². The minimum Gasteiger partial charge on any atom is -0.368 e. The second-order valence-electron chi connectivity index (χ2n) is 6.81. The van der Waals surface area contributed by atoms with Gasteiger partial charge in [0, 0.05) is 25.9 Å². The zero-order valence-corrected chi connectivity index (χ0v) is 15.2. The molecular formula is C19H24FN5O. The summed E-state index contributed by atoms with van der Waals surface area (Å²) in [6.07, 6.45) is 4.60. The van der Waals surface area contributed by atoms with Crippen LogP contribution in [-0.2, 0) is 4.79 Å². The number of carbonyl (C=O) groups is 1. The van der Waals surface area contributed by atoms with E-state index in [9.17, 15) is 9.18 Å². The second kappa shape index (κ2) is 7.78. The standard InChI is InChI=1S/C19H24FN5O/c1-24(2)17(26)12-25-9-4-3-8-16(25)18-15(11-22-19(21)23-18)13-6-5-7-14(20)10-13/h5-7,10-11,16H,3-4,8-9,12H2,1-2H3,(H2,21,22,23)/t16-/m0/s1. The molecule has 1 amide bonds. The van der Waals surface area contributed by atoms with Gasteiger partial charge in [-0.05, 0) is 37.1 Å². The van der Waals surface area contributed by atoms with Gasteiger partial charge in [-0.25, -0.2) is 14.4 Å². The maximum absolute atomic E-state index is 13.7. The van der Waals surface area contributed by atoms with Crippen molar-refractivity contribution in [2.24, 2.45) is 0 Å². The van der Waals surface area contributed by atoms with E-state index in [1.807, 2.05) is 6.07 Å². The quantitative estimate of drug-likeness (QED) is 0.910. The first-order chi connectivity index (χ1) is 12.5. The molecule has 2 N–H and O–H groups in total. The second-order valence-corrected chi connectivity index (χ2v) is 6.81. The van der Waals surface area contributed by atoms with E-state index in [2.05, 4.69) is 14.9 Å². The molecule has 0 saturated carbocycles. The average Bonchev–Trinajstić information content (AvgIpc) is 2.62. The number of amides is 1. The first kappa shape index (κ1) is 18.3. The molecule has 0 radical (unpaired) electrons. The highest BCUT2D eigenvalue weighted by atomic mass is 19.1. The number of likely N-dealkylation sites (tertiary alicyclic amines) is 1. The normalized spacial score (nSPS) is 17.9. The fourth-order valence-corrected chi connectivity index (χ4v) is 3.35. The van der Waals surface area contributed by atoms with Crippen LogP contribution in [0.4, 0.5) is 10.3 Å². The highest BCUT2D eigenvalue weighted by Gasteiger charge is 2.29. The van der Waals surface area contributed by atoms with Crippen molar-refractivity contribution in [2.45, 2.75) is 25.3 Å². The number of halogens is 1. The zero-order valence-electron chi connectivity index (χ0n) is 15.2. The number of piperidine rings is 1. The lowest BCUT2D eigenvalue weighted by atomic mass is 9.93. The summed E-state index contributed by atoms with van der Waals surface area (Å²) in [5.74, 6) is -0.0793. The van der Waals surface area contributed by atoms with Crippen molar-refractivity contribution in [2.75, 3.05) is 32.9 Å². The molecule has 1 aliphatic heterocycles. The first-order valence-corrected chi connectivity index (χ1v) is 8.78. The van der Waals surface area contributed by atoms with Crippen LogP contribution >= 0.6 is 0 Å². The molecule has 2 aromatic rings. The van der Waals surface area contributed by atoms with Gasteiger partial charge in [0.05, 0.1) is 18.3 Å². The molecule has 0 bridgehead atoms. The maximum Gasteiger partial charge on any atom is 0.236 e. The van der Waals surface area contributed by atoms with Crippen molar-refractivity contribution in [3.63, 3.8) is 0 Å². The Bertz CT molecular complexity index is 795. The highest BCUT2D eigenvalue weighted by molar-refractivity contribution is 5.77. The van der Waals surface area contributed by atoms with Gasteiger partial charge >= 0.3 is 0 Å². The lowest BCUT2D eigenvalue weighted by molar-refractivity contribution is -0.130. The van der Waals surface area contributed by atoms with Crippen LogP contribution in [0, 0.1) is 5.82 Å². The lowest BCUT2D eigenvalue weighted by Crippen LogP contribution is -2.41. The predicted octanol–water partition coefficient (Wildman–Crippen LogP) is 2.48. The molecule has 1 fully saturated rings. The molecule has 6 nitrogen and oxygen atoms in total. The molecule has 1 aromatic heterocycles. The smallest absolute Gasteiger partial charge is 0.236 e. The molecule has 138 valence electrons. The third-order valence-electron chi connectivity index (χ3n) is 4.74. The summed E-state index contributed by atoms with van der Waals surface area (Å²) < 4.78 is 13.7. The Morgan fingerprint density at radius 2 is 2.19 bits per heavy atom. The minimum atomic E-state index is -0.312. The topological polar surface area (TPSA) is 75.4 Å². The number of likely N-dealkylation sites (N-methyl/N-ethyl adjacent to an activating group) is 1. The first-order valence-electron chi connectivity index (χ1n) is 8.78. The number of aromatic nitrogens is 2. The molecule has 1 aliphatic rings. The minimum absolute atomic E-state index is 0.0452. The van der Waals surface area contributed by atoms with Crippen molar-refractivity contribution in [3.05, 3.63) is 42.0 Å². The Morgan fingerprint density at radius 3 is 2.92 bits per heavy atom. The van der Waals surface area contributed by atoms with E-state index in [4.69, 9.17) is 5.73 Å². The summed E-state index contributed by atoms with van der Waals surface area (Å²) in [6, 6.07) is 6.33. The summed E-state index contributed by atoms with van der Waals surface area (Å²) in [4.78, 5) is 24.5. The highest BCUT2D eigenvalue weighted by Crippen LogP contribution is 2.35. The van der Waals surface area contributed by atoms with E-state index in [1.165, 1.54) is 12.1 Å². The fourth-order valence-electron chi connectivity index (χ4n) is 3.35. The van der Waals surface area contributed by atoms with Crippen molar-refractivity contribution >= 4 is 11.9 Å². The zero-order chi connectivity index (χ0) is 18.7. The molecule has 0 aliphatic carbocycles. The van der Waals surface area contributed by atoms with Gasteiger partial charge in [0.25, 0.3) is 0 Å². The number of hydrogen-bond acceptors (Lipinski definition) is 5. The van der Waals surface area contributed by atoms with Gasteiger partial charge < -0.3 is 10.6 Å². The van der Waals surface area contributed by atoms with E-state index in [-0.39, 0.29) is 23.7 Å². The van der Waals surface area contributed by atoms with E-state index < -0.39 is 0 Å². The van der Waals surface area contributed by atoms with E-state index >= 15 is 0 Å². The molecule has 2 heterocycles. The summed E-state index contributed by atoms with van der Waals surface area (Å²) in [5.41, 5.74) is 8.08. The molecule has 1 aromatic carbocycles. The number of nitrogens with two attached hydrogens (primary N) is 1. The van der Waals surface area contributed by atoms with Crippen LogP contribution in [-0.4, -0.2) is 52.9 Å². The Kier molecular flexibility index (Phi) is 5.46. The van der Waals surface area contributed by atoms with Crippen LogP contribution < -0.4 is 5.73 Å². The largest absolute Gasteiger partial charge is 0.368 e. The van der Waals surface area contributed by atoms with E-state index in [1.54, 1.807) is 31.3 Å². The predicted molar refractivity (Wildman–Crippen MR) is 98.7 cm³/mol. The molecule has 26 heavy (non-hydrogen) atoms. The lowest BCUT2D eigenvalue weighted by Gasteiger charge is -2.36. The van der Waals surface area contributed by atoms with Crippen molar-refractivity contribution in [1.29, 1.82) is 0 Å². The van der Waals surface area contributed by atoms with E-state index in [0.717, 1.165) is 37.1 Å². The summed E-state index contributed by atoms with van der Waals surface area (Å²) >= 11 is 0. The number of anilines is 1. The number of rotatable bonds is 4. The summed E-state index contributed by atoms with van der Waals surface area (Å²) in [5, 5.41) is 0. The van der Waals surface area contributed by atoms with Crippen molar-refractivity contribution in [3.8, 4) is 11.1 Å². The van der Waals surface area contributed by atoms with Crippen molar-refractivity contribution in [1.82, 2.24) is 19.8 Å². The van der Waals surface area contributed by atoms with Gasteiger partial charge in [0.15, 0.2) is 0 Å². The number of carbonyl (C=O) groups excluding carboxylic acids is 1. The monoisotopic (exact) mass is 357 g/mol. The number of hydrogen-bond donors (Lipinski definition) is 1. The van der Waals surface area contributed by atoms with Crippen molar-refractivity contribution < 1.29 is 9.18 Å². The van der Waals surface area contributed by atoms with Crippen LogP contribution in [0.1, 0.15) is 31.0 Å². The molecule has 1 saturated heterocycles. The molecule has 3 rings (SSSR count). The Balaban J connectivity index is 2.00. The fraction of sp³-hybridized carbons (Fsp3) is 0.421.